The molecule has 29 heavy (non-hydrogen) atoms. The Kier molecular flexibility index (Phi) is 5.38. The summed E-state index contributed by atoms with van der Waals surface area (Å²) >= 11 is 6.47. The number of halogens is 2. The van der Waals surface area contributed by atoms with Crippen LogP contribution in [0.1, 0.15) is 31.0 Å². The molecule has 5 nitrogen and oxygen atoms in total. The first-order valence-corrected chi connectivity index (χ1v) is 9.95. The van der Waals surface area contributed by atoms with Crippen LogP contribution in [0.2, 0.25) is 5.02 Å². The van der Waals surface area contributed by atoms with Gasteiger partial charge >= 0.3 is 0 Å². The van der Waals surface area contributed by atoms with Crippen LogP contribution < -0.4 is 5.32 Å². The van der Waals surface area contributed by atoms with Crippen LogP contribution in [0.4, 0.5) is 0 Å². The van der Waals surface area contributed by atoms with Crippen molar-refractivity contribution in [3.8, 4) is 22.8 Å². The highest BCUT2D eigenvalue weighted by Crippen LogP contribution is 2.33. The highest BCUT2D eigenvalue weighted by Gasteiger charge is 2.19. The third-order valence-electron chi connectivity index (χ3n) is 5.39. The minimum Gasteiger partial charge on any atom is -0.343 e. The van der Waals surface area contributed by atoms with Gasteiger partial charge < -0.3 is 14.4 Å². The van der Waals surface area contributed by atoms with E-state index in [2.05, 4.69) is 58.1 Å². The highest BCUT2D eigenvalue weighted by atomic mass is 35.5. The molecular weight excluding hydrogens is 407 g/mol. The number of benzene rings is 2. The van der Waals surface area contributed by atoms with E-state index in [9.17, 15) is 0 Å². The van der Waals surface area contributed by atoms with E-state index in [1.54, 1.807) is 0 Å². The topological polar surface area (TPSA) is 55.9 Å². The number of nitrogens with zero attached hydrogens (tertiary/aromatic N) is 3. The number of hydrogen-bond donors (Lipinski definition) is 1. The van der Waals surface area contributed by atoms with Crippen LogP contribution in [-0.2, 0) is 13.0 Å². The van der Waals surface area contributed by atoms with E-state index in [1.165, 1.54) is 11.1 Å². The Morgan fingerprint density at radius 3 is 2.90 bits per heavy atom. The van der Waals surface area contributed by atoms with Crippen molar-refractivity contribution in [2.75, 3.05) is 6.54 Å². The van der Waals surface area contributed by atoms with Gasteiger partial charge in [0.15, 0.2) is 0 Å². The average Bonchev–Trinajstić information content (AvgIpc) is 3.33. The Morgan fingerprint density at radius 2 is 2.07 bits per heavy atom. The molecule has 150 valence electrons. The molecule has 2 aromatic carbocycles. The van der Waals surface area contributed by atoms with E-state index < -0.39 is 0 Å². The molecule has 0 unspecified atom stereocenters. The monoisotopic (exact) mass is 428 g/mol. The van der Waals surface area contributed by atoms with Crippen LogP contribution in [-0.4, -0.2) is 21.3 Å². The summed E-state index contributed by atoms with van der Waals surface area (Å²) in [6, 6.07) is 12.7. The zero-order valence-electron chi connectivity index (χ0n) is 16.3. The van der Waals surface area contributed by atoms with Gasteiger partial charge in [-0.2, -0.15) is 4.98 Å². The third-order valence-corrected chi connectivity index (χ3v) is 5.70. The SMILES string of the molecule is CC(C)n1cc(Cl)c2cc(-c3nc(-c4cccc5c4CCNC5)no3)ccc21.Cl. The number of nitrogens with one attached hydrogen (secondary N) is 1. The van der Waals surface area contributed by atoms with Crippen LogP contribution in [0.25, 0.3) is 33.7 Å². The summed E-state index contributed by atoms with van der Waals surface area (Å²) in [5, 5.41) is 9.39. The fourth-order valence-corrected chi connectivity index (χ4v) is 4.22. The summed E-state index contributed by atoms with van der Waals surface area (Å²) in [7, 11) is 0. The van der Waals surface area contributed by atoms with Gasteiger partial charge in [0.05, 0.1) is 5.02 Å². The lowest BCUT2D eigenvalue weighted by Crippen LogP contribution is -2.24. The van der Waals surface area contributed by atoms with E-state index in [4.69, 9.17) is 16.1 Å². The van der Waals surface area contributed by atoms with Crippen molar-refractivity contribution in [2.45, 2.75) is 32.9 Å². The van der Waals surface area contributed by atoms with Crippen molar-refractivity contribution < 1.29 is 4.52 Å². The molecule has 0 saturated carbocycles. The maximum Gasteiger partial charge on any atom is 0.258 e. The van der Waals surface area contributed by atoms with Gasteiger partial charge in [0.1, 0.15) is 0 Å². The molecule has 4 aromatic rings. The van der Waals surface area contributed by atoms with E-state index in [0.717, 1.165) is 46.6 Å². The van der Waals surface area contributed by atoms with E-state index >= 15 is 0 Å². The van der Waals surface area contributed by atoms with Gasteiger partial charge in [-0.15, -0.1) is 12.4 Å². The minimum absolute atomic E-state index is 0. The molecule has 1 aliphatic heterocycles. The lowest BCUT2D eigenvalue weighted by molar-refractivity contribution is 0.432. The minimum atomic E-state index is 0. The first kappa shape index (κ1) is 20.0. The van der Waals surface area contributed by atoms with Crippen molar-refractivity contribution in [3.05, 3.63) is 58.7 Å². The summed E-state index contributed by atoms with van der Waals surface area (Å²) in [6.07, 6.45) is 2.95. The second-order valence-corrected chi connectivity index (χ2v) is 7.91. The Bertz CT molecular complexity index is 1180. The van der Waals surface area contributed by atoms with Crippen molar-refractivity contribution in [2.24, 2.45) is 0 Å². The first-order chi connectivity index (χ1) is 13.6. The Labute approximate surface area is 180 Å². The maximum absolute atomic E-state index is 6.47. The normalized spacial score (nSPS) is 13.5. The van der Waals surface area contributed by atoms with Crippen molar-refractivity contribution in [3.63, 3.8) is 0 Å². The van der Waals surface area contributed by atoms with Crippen LogP contribution in [0.5, 0.6) is 0 Å². The second-order valence-electron chi connectivity index (χ2n) is 7.50. The quantitative estimate of drug-likeness (QED) is 0.457. The van der Waals surface area contributed by atoms with Crippen molar-refractivity contribution >= 4 is 34.9 Å². The average molecular weight is 429 g/mol. The largest absolute Gasteiger partial charge is 0.343 e. The Hall–Kier alpha value is -2.34. The standard InChI is InChI=1S/C22H21ClN4O.ClH/c1-13(2)27-12-19(23)18-10-14(6-7-20(18)27)22-25-21(26-28-22)17-5-3-4-15-11-24-9-8-16(15)17;/h3-7,10,12-13,24H,8-9,11H2,1-2H3;1H. The molecule has 1 N–H and O–H groups in total. The van der Waals surface area contributed by atoms with Crippen LogP contribution in [0.15, 0.2) is 47.1 Å². The summed E-state index contributed by atoms with van der Waals surface area (Å²) in [5.41, 5.74) is 5.65. The first-order valence-electron chi connectivity index (χ1n) is 9.58. The third kappa shape index (κ3) is 3.44. The molecular formula is C22H22Cl2N4O. The molecule has 0 bridgehead atoms. The molecule has 0 aliphatic carbocycles. The summed E-state index contributed by atoms with van der Waals surface area (Å²) in [5.74, 6) is 1.15. The Morgan fingerprint density at radius 1 is 1.21 bits per heavy atom. The van der Waals surface area contributed by atoms with E-state index in [1.807, 2.05) is 18.3 Å². The molecule has 0 atom stereocenters. The molecule has 7 heteroatoms. The molecule has 0 spiro atoms. The number of hydrogen-bond acceptors (Lipinski definition) is 4. The molecule has 3 heterocycles. The van der Waals surface area contributed by atoms with Gasteiger partial charge in [-0.3, -0.25) is 0 Å². The van der Waals surface area contributed by atoms with Gasteiger partial charge in [-0.25, -0.2) is 0 Å². The molecule has 0 fully saturated rings. The van der Waals surface area contributed by atoms with Crippen LogP contribution in [0.3, 0.4) is 0 Å². The van der Waals surface area contributed by atoms with E-state index in [-0.39, 0.29) is 12.4 Å². The molecule has 0 amide bonds. The van der Waals surface area contributed by atoms with Crippen LogP contribution >= 0.6 is 24.0 Å². The smallest absolute Gasteiger partial charge is 0.258 e. The Balaban J connectivity index is 0.00000205. The van der Waals surface area contributed by atoms with Crippen molar-refractivity contribution in [1.82, 2.24) is 20.0 Å². The van der Waals surface area contributed by atoms with Gasteiger partial charge in [0.25, 0.3) is 5.89 Å². The second kappa shape index (κ2) is 7.82. The molecule has 2 aromatic heterocycles. The summed E-state index contributed by atoms with van der Waals surface area (Å²) in [6.45, 7) is 6.14. The van der Waals surface area contributed by atoms with Gasteiger partial charge in [0.2, 0.25) is 5.82 Å². The number of rotatable bonds is 3. The molecule has 0 saturated heterocycles. The molecule has 0 radical (unpaired) electrons. The summed E-state index contributed by atoms with van der Waals surface area (Å²) < 4.78 is 7.78. The lowest BCUT2D eigenvalue weighted by atomic mass is 9.95. The number of fused-ring (bicyclic) bond motifs is 2. The number of aromatic nitrogens is 3. The molecule has 1 aliphatic rings. The van der Waals surface area contributed by atoms with Gasteiger partial charge in [-0.05, 0) is 56.1 Å². The predicted octanol–water partition coefficient (Wildman–Crippen LogP) is 5.66. The maximum atomic E-state index is 6.47. The van der Waals surface area contributed by atoms with Gasteiger partial charge in [-0.1, -0.05) is 35.0 Å². The van der Waals surface area contributed by atoms with Gasteiger partial charge in [0, 0.05) is 40.8 Å². The fourth-order valence-electron chi connectivity index (χ4n) is 3.97. The fraction of sp³-hybridized carbons (Fsp3) is 0.273. The highest BCUT2D eigenvalue weighted by molar-refractivity contribution is 6.35. The van der Waals surface area contributed by atoms with E-state index in [0.29, 0.717) is 17.8 Å². The summed E-state index contributed by atoms with van der Waals surface area (Å²) in [4.78, 5) is 4.69. The van der Waals surface area contributed by atoms with Crippen molar-refractivity contribution in [1.29, 1.82) is 0 Å². The van der Waals surface area contributed by atoms with Crippen LogP contribution in [0, 0.1) is 0 Å². The molecule has 5 rings (SSSR count). The zero-order valence-corrected chi connectivity index (χ0v) is 17.8. The predicted molar refractivity (Wildman–Crippen MR) is 119 cm³/mol. The lowest BCUT2D eigenvalue weighted by Gasteiger charge is -2.18. The zero-order chi connectivity index (χ0) is 19.3.